The van der Waals surface area contributed by atoms with E-state index in [1.165, 1.54) is 0 Å². The van der Waals surface area contributed by atoms with Gasteiger partial charge in [0.15, 0.2) is 0 Å². The monoisotopic (exact) mass is 263 g/mol. The minimum atomic E-state index is -0.713. The normalized spacial score (nSPS) is 23.2. The molecular formula is C15H21NO3. The molecule has 0 aliphatic carbocycles. The van der Waals surface area contributed by atoms with Crippen molar-refractivity contribution in [1.82, 2.24) is 0 Å². The van der Waals surface area contributed by atoms with Gasteiger partial charge in [0, 0.05) is 24.8 Å². The molecule has 1 aliphatic rings. The number of hydrogen-bond donors (Lipinski definition) is 1. The summed E-state index contributed by atoms with van der Waals surface area (Å²) in [5.41, 5.74) is 0.961. The highest BCUT2D eigenvalue weighted by Crippen LogP contribution is 2.35. The molecule has 1 aromatic rings. The third kappa shape index (κ3) is 3.40. The second kappa shape index (κ2) is 5.51. The van der Waals surface area contributed by atoms with Crippen LogP contribution in [0.3, 0.4) is 0 Å². The van der Waals surface area contributed by atoms with Crippen LogP contribution >= 0.6 is 0 Å². The van der Waals surface area contributed by atoms with Gasteiger partial charge < -0.3 is 14.7 Å². The number of aliphatic carboxylic acids is 1. The summed E-state index contributed by atoms with van der Waals surface area (Å²) in [6.07, 6.45) is 2.23. The third-order valence-electron chi connectivity index (χ3n) is 3.78. The number of anilines is 1. The Balaban J connectivity index is 2.14. The maximum atomic E-state index is 11.0. The number of methoxy groups -OCH3 is 1. The molecule has 0 aromatic heterocycles. The summed E-state index contributed by atoms with van der Waals surface area (Å²) >= 11 is 0. The predicted octanol–water partition coefficient (Wildman–Crippen LogP) is 2.78. The summed E-state index contributed by atoms with van der Waals surface area (Å²) in [6.45, 7) is 3.82. The summed E-state index contributed by atoms with van der Waals surface area (Å²) in [4.78, 5) is 13.2. The first kappa shape index (κ1) is 13.7. The number of carboxylic acids is 1. The van der Waals surface area contributed by atoms with Gasteiger partial charge in [-0.25, -0.2) is 0 Å². The van der Waals surface area contributed by atoms with Gasteiger partial charge in [-0.15, -0.1) is 0 Å². The zero-order valence-corrected chi connectivity index (χ0v) is 11.6. The molecule has 104 valence electrons. The van der Waals surface area contributed by atoms with Crippen molar-refractivity contribution in [2.45, 2.75) is 26.2 Å². The molecule has 0 spiro atoms. The fourth-order valence-electron chi connectivity index (χ4n) is 2.85. The summed E-state index contributed by atoms with van der Waals surface area (Å²) in [5, 5.41) is 9.03. The lowest BCUT2D eigenvalue weighted by Gasteiger charge is -2.41. The molecule has 4 nitrogen and oxygen atoms in total. The van der Waals surface area contributed by atoms with Crippen molar-refractivity contribution in [1.29, 1.82) is 0 Å². The van der Waals surface area contributed by atoms with Crippen LogP contribution < -0.4 is 9.64 Å². The van der Waals surface area contributed by atoms with Crippen LogP contribution in [-0.2, 0) is 4.79 Å². The summed E-state index contributed by atoms with van der Waals surface area (Å²) in [5.74, 6) is 0.123. The van der Waals surface area contributed by atoms with Gasteiger partial charge in [0.25, 0.3) is 0 Å². The second-order valence-corrected chi connectivity index (χ2v) is 5.61. The molecule has 1 saturated heterocycles. The minimum Gasteiger partial charge on any atom is -0.497 e. The molecule has 1 unspecified atom stereocenters. The zero-order valence-electron chi connectivity index (χ0n) is 11.6. The van der Waals surface area contributed by atoms with Gasteiger partial charge in [0.1, 0.15) is 5.75 Å². The number of nitrogens with zero attached hydrogens (tertiary/aromatic N) is 1. The molecule has 2 rings (SSSR count). The van der Waals surface area contributed by atoms with Crippen molar-refractivity contribution < 1.29 is 14.6 Å². The number of carbonyl (C=O) groups is 1. The van der Waals surface area contributed by atoms with E-state index in [-0.39, 0.29) is 11.8 Å². The second-order valence-electron chi connectivity index (χ2n) is 5.61. The molecule has 0 amide bonds. The molecule has 0 saturated carbocycles. The standard InChI is InChI=1S/C15H21NO3/c1-15(10-14(17)18)7-4-8-16(11-15)12-5-3-6-13(9-12)19-2/h3,5-6,9H,4,7-8,10-11H2,1-2H3,(H,17,18). The summed E-state index contributed by atoms with van der Waals surface area (Å²) in [6, 6.07) is 7.95. The number of benzene rings is 1. The van der Waals surface area contributed by atoms with Crippen LogP contribution in [0.2, 0.25) is 0 Å². The number of carboxylic acid groups (broad SMARTS) is 1. The van der Waals surface area contributed by atoms with E-state index in [1.807, 2.05) is 18.2 Å². The van der Waals surface area contributed by atoms with Crippen LogP contribution in [-0.4, -0.2) is 31.3 Å². The first-order chi connectivity index (χ1) is 9.02. The fourth-order valence-corrected chi connectivity index (χ4v) is 2.85. The van der Waals surface area contributed by atoms with E-state index < -0.39 is 5.97 Å². The third-order valence-corrected chi connectivity index (χ3v) is 3.78. The van der Waals surface area contributed by atoms with E-state index in [0.29, 0.717) is 0 Å². The van der Waals surface area contributed by atoms with Gasteiger partial charge >= 0.3 is 5.97 Å². The Bertz CT molecular complexity index is 460. The molecule has 1 aromatic carbocycles. The van der Waals surface area contributed by atoms with Crippen LogP contribution in [0, 0.1) is 5.41 Å². The largest absolute Gasteiger partial charge is 0.497 e. The molecule has 1 heterocycles. The predicted molar refractivity (Wildman–Crippen MR) is 74.8 cm³/mol. The minimum absolute atomic E-state index is 0.146. The van der Waals surface area contributed by atoms with Crippen LogP contribution in [0.4, 0.5) is 5.69 Å². The fraction of sp³-hybridized carbons (Fsp3) is 0.533. The van der Waals surface area contributed by atoms with Gasteiger partial charge in [0.05, 0.1) is 13.5 Å². The molecule has 1 N–H and O–H groups in total. The van der Waals surface area contributed by atoms with E-state index >= 15 is 0 Å². The van der Waals surface area contributed by atoms with Crippen molar-refractivity contribution in [2.24, 2.45) is 5.41 Å². The Morgan fingerprint density at radius 2 is 2.32 bits per heavy atom. The first-order valence-corrected chi connectivity index (χ1v) is 6.63. The summed E-state index contributed by atoms with van der Waals surface area (Å²) < 4.78 is 5.24. The van der Waals surface area contributed by atoms with E-state index in [2.05, 4.69) is 17.9 Å². The quantitative estimate of drug-likeness (QED) is 0.907. The Morgan fingerprint density at radius 3 is 3.00 bits per heavy atom. The van der Waals surface area contributed by atoms with Crippen LogP contribution in [0.25, 0.3) is 0 Å². The lowest BCUT2D eigenvalue weighted by molar-refractivity contribution is -0.139. The van der Waals surface area contributed by atoms with Gasteiger partial charge in [-0.1, -0.05) is 13.0 Å². The highest BCUT2D eigenvalue weighted by Gasteiger charge is 2.33. The molecule has 4 heteroatoms. The number of piperidine rings is 1. The number of hydrogen-bond acceptors (Lipinski definition) is 3. The van der Waals surface area contributed by atoms with Crippen molar-refractivity contribution in [2.75, 3.05) is 25.1 Å². The van der Waals surface area contributed by atoms with Gasteiger partial charge in [0.2, 0.25) is 0 Å². The lowest BCUT2D eigenvalue weighted by atomic mass is 9.79. The van der Waals surface area contributed by atoms with E-state index in [4.69, 9.17) is 9.84 Å². The van der Waals surface area contributed by atoms with Crippen molar-refractivity contribution >= 4 is 11.7 Å². The van der Waals surface area contributed by atoms with Crippen molar-refractivity contribution in [3.63, 3.8) is 0 Å². The van der Waals surface area contributed by atoms with Crippen molar-refractivity contribution in [3.8, 4) is 5.75 Å². The Labute approximate surface area is 114 Å². The van der Waals surface area contributed by atoms with Crippen molar-refractivity contribution in [3.05, 3.63) is 24.3 Å². The smallest absolute Gasteiger partial charge is 0.303 e. The Kier molecular flexibility index (Phi) is 3.98. The maximum absolute atomic E-state index is 11.0. The average molecular weight is 263 g/mol. The van der Waals surface area contributed by atoms with E-state index in [0.717, 1.165) is 37.4 Å². The highest BCUT2D eigenvalue weighted by atomic mass is 16.5. The highest BCUT2D eigenvalue weighted by molar-refractivity contribution is 5.68. The summed E-state index contributed by atoms with van der Waals surface area (Å²) in [7, 11) is 1.66. The van der Waals surface area contributed by atoms with Gasteiger partial charge in [-0.05, 0) is 30.4 Å². The molecule has 0 bridgehead atoms. The SMILES string of the molecule is COc1cccc(N2CCCC(C)(CC(=O)O)C2)c1. The maximum Gasteiger partial charge on any atom is 0.303 e. The molecule has 1 fully saturated rings. The van der Waals surface area contributed by atoms with Crippen LogP contribution in [0.5, 0.6) is 5.75 Å². The lowest BCUT2D eigenvalue weighted by Crippen LogP contribution is -2.42. The molecular weight excluding hydrogens is 242 g/mol. The molecule has 0 radical (unpaired) electrons. The molecule has 1 atom stereocenters. The Hall–Kier alpha value is -1.71. The molecule has 1 aliphatic heterocycles. The Morgan fingerprint density at radius 1 is 1.53 bits per heavy atom. The zero-order chi connectivity index (χ0) is 13.9. The first-order valence-electron chi connectivity index (χ1n) is 6.63. The average Bonchev–Trinajstić information content (AvgIpc) is 2.37. The van der Waals surface area contributed by atoms with E-state index in [1.54, 1.807) is 7.11 Å². The topological polar surface area (TPSA) is 49.8 Å². The van der Waals surface area contributed by atoms with Crippen LogP contribution in [0.1, 0.15) is 26.2 Å². The van der Waals surface area contributed by atoms with Gasteiger partial charge in [-0.2, -0.15) is 0 Å². The van der Waals surface area contributed by atoms with E-state index in [9.17, 15) is 4.79 Å². The van der Waals surface area contributed by atoms with Gasteiger partial charge in [-0.3, -0.25) is 4.79 Å². The number of rotatable bonds is 4. The molecule has 19 heavy (non-hydrogen) atoms. The number of ether oxygens (including phenoxy) is 1. The van der Waals surface area contributed by atoms with Crippen LogP contribution in [0.15, 0.2) is 24.3 Å².